The number of benzene rings is 1. The van der Waals surface area contributed by atoms with Gasteiger partial charge in [-0.2, -0.15) is 0 Å². The summed E-state index contributed by atoms with van der Waals surface area (Å²) in [5.41, 5.74) is 2.19. The van der Waals surface area contributed by atoms with Gasteiger partial charge in [0.05, 0.1) is 0 Å². The monoisotopic (exact) mass is 207 g/mol. The van der Waals surface area contributed by atoms with Crippen LogP contribution in [0.15, 0.2) is 30.3 Å². The van der Waals surface area contributed by atoms with Crippen LogP contribution in [0.5, 0.6) is 0 Å². The van der Waals surface area contributed by atoms with Crippen molar-refractivity contribution in [2.75, 3.05) is 26.1 Å². The highest BCUT2D eigenvalue weighted by Gasteiger charge is 1.95. The average Bonchev–Trinajstić information content (AvgIpc) is 2.26. The summed E-state index contributed by atoms with van der Waals surface area (Å²) in [5.74, 6) is 0. The first kappa shape index (κ1) is 11.8. The molecule has 3 heteroatoms. The van der Waals surface area contributed by atoms with Crippen molar-refractivity contribution >= 4 is 11.8 Å². The van der Waals surface area contributed by atoms with E-state index >= 15 is 0 Å². The fraction of sp³-hybridized carbons (Fsp3) is 0.333. The van der Waals surface area contributed by atoms with Crippen molar-refractivity contribution in [1.82, 2.24) is 0 Å². The molecule has 15 heavy (non-hydrogen) atoms. The van der Waals surface area contributed by atoms with Gasteiger partial charge in [-0.1, -0.05) is 18.2 Å². The molecule has 0 radical (unpaired) electrons. The summed E-state index contributed by atoms with van der Waals surface area (Å²) < 4.78 is 4.69. The maximum atomic E-state index is 9.14. The number of aliphatic hydroxyl groups excluding tert-OH is 1. The molecule has 0 aliphatic carbocycles. The lowest BCUT2D eigenvalue weighted by Crippen LogP contribution is -2.08. The molecule has 1 unspecified atom stereocenters. The van der Waals surface area contributed by atoms with Crippen LogP contribution in [0.3, 0.4) is 0 Å². The number of anilines is 1. The molecule has 1 N–H and O–H groups in total. The molecule has 82 valence electrons. The van der Waals surface area contributed by atoms with Crippen molar-refractivity contribution < 1.29 is 9.84 Å². The van der Waals surface area contributed by atoms with Crippen LogP contribution >= 0.6 is 0 Å². The van der Waals surface area contributed by atoms with Crippen molar-refractivity contribution in [2.45, 2.75) is 6.29 Å². The average molecular weight is 207 g/mol. The fourth-order valence-electron chi connectivity index (χ4n) is 1.16. The van der Waals surface area contributed by atoms with Crippen LogP contribution < -0.4 is 4.90 Å². The minimum Gasteiger partial charge on any atom is -0.378 e. The molecule has 0 aliphatic heterocycles. The minimum absolute atomic E-state index is 0.835. The number of rotatable bonds is 4. The Kier molecular flexibility index (Phi) is 4.34. The number of ether oxygens (including phenoxy) is 1. The van der Waals surface area contributed by atoms with Crippen LogP contribution in [0.25, 0.3) is 6.08 Å². The Morgan fingerprint density at radius 3 is 2.33 bits per heavy atom. The fourth-order valence-corrected chi connectivity index (χ4v) is 1.16. The van der Waals surface area contributed by atoms with Gasteiger partial charge >= 0.3 is 0 Å². The molecule has 1 aromatic carbocycles. The third-order valence-corrected chi connectivity index (χ3v) is 2.10. The molecule has 3 nitrogen and oxygen atoms in total. The van der Waals surface area contributed by atoms with Gasteiger partial charge in [0.1, 0.15) is 0 Å². The molecule has 1 atom stereocenters. The highest BCUT2D eigenvalue weighted by Crippen LogP contribution is 2.13. The first-order valence-electron chi connectivity index (χ1n) is 4.80. The lowest BCUT2D eigenvalue weighted by atomic mass is 10.2. The number of hydrogen-bond acceptors (Lipinski definition) is 3. The summed E-state index contributed by atoms with van der Waals surface area (Å²) in [6, 6.07) is 8.04. The molecular formula is C12H17NO2. The predicted molar refractivity (Wildman–Crippen MR) is 62.8 cm³/mol. The van der Waals surface area contributed by atoms with Crippen molar-refractivity contribution in [1.29, 1.82) is 0 Å². The quantitative estimate of drug-likeness (QED) is 0.763. The van der Waals surface area contributed by atoms with Crippen molar-refractivity contribution in [2.24, 2.45) is 0 Å². The summed E-state index contributed by atoms with van der Waals surface area (Å²) >= 11 is 0. The van der Waals surface area contributed by atoms with E-state index in [0.29, 0.717) is 0 Å². The van der Waals surface area contributed by atoms with Crippen molar-refractivity contribution in [3.8, 4) is 0 Å². The van der Waals surface area contributed by atoms with E-state index in [1.54, 1.807) is 6.08 Å². The zero-order valence-corrected chi connectivity index (χ0v) is 9.34. The van der Waals surface area contributed by atoms with Gasteiger partial charge in [0.25, 0.3) is 0 Å². The number of methoxy groups -OCH3 is 1. The lowest BCUT2D eigenvalue weighted by molar-refractivity contribution is -0.0350. The third kappa shape index (κ3) is 3.73. The largest absolute Gasteiger partial charge is 0.378 e. The Morgan fingerprint density at radius 2 is 1.87 bits per heavy atom. The highest BCUT2D eigenvalue weighted by molar-refractivity contribution is 5.55. The van der Waals surface area contributed by atoms with Gasteiger partial charge in [0.2, 0.25) is 0 Å². The summed E-state index contributed by atoms with van der Waals surface area (Å²) in [6.07, 6.45) is 2.59. The van der Waals surface area contributed by atoms with Crippen molar-refractivity contribution in [3.05, 3.63) is 35.9 Å². The molecular weight excluding hydrogens is 190 g/mol. The van der Waals surface area contributed by atoms with Crippen molar-refractivity contribution in [3.63, 3.8) is 0 Å². The number of hydrogen-bond donors (Lipinski definition) is 1. The lowest BCUT2D eigenvalue weighted by Gasteiger charge is -2.11. The molecule has 0 heterocycles. The summed E-state index contributed by atoms with van der Waals surface area (Å²) in [6.45, 7) is 0. The second kappa shape index (κ2) is 5.53. The SMILES string of the molecule is COC(O)/C=C/c1ccc(N(C)C)cc1. The van der Waals surface area contributed by atoms with Gasteiger partial charge in [-0.15, -0.1) is 0 Å². The molecule has 0 spiro atoms. The molecule has 0 aliphatic rings. The normalized spacial score (nSPS) is 13.1. The van der Waals surface area contributed by atoms with E-state index in [9.17, 15) is 0 Å². The standard InChI is InChI=1S/C12H17NO2/c1-13(2)11-7-4-10(5-8-11)6-9-12(14)15-3/h4-9,12,14H,1-3H3/b9-6+. The van der Waals surface area contributed by atoms with E-state index < -0.39 is 6.29 Å². The van der Waals surface area contributed by atoms with Crippen LogP contribution in [0.2, 0.25) is 0 Å². The van der Waals surface area contributed by atoms with E-state index in [1.807, 2.05) is 49.3 Å². The van der Waals surface area contributed by atoms with Gasteiger partial charge in [-0.25, -0.2) is 0 Å². The highest BCUT2D eigenvalue weighted by atomic mass is 16.6. The minimum atomic E-state index is -0.835. The summed E-state index contributed by atoms with van der Waals surface area (Å²) in [4.78, 5) is 2.04. The van der Waals surface area contributed by atoms with Gasteiger partial charge in [-0.05, 0) is 23.8 Å². The molecule has 0 fully saturated rings. The second-order valence-corrected chi connectivity index (χ2v) is 3.47. The molecule has 0 bridgehead atoms. The van der Waals surface area contributed by atoms with Gasteiger partial charge in [-0.3, -0.25) is 0 Å². The third-order valence-electron chi connectivity index (χ3n) is 2.10. The zero-order chi connectivity index (χ0) is 11.3. The second-order valence-electron chi connectivity index (χ2n) is 3.47. The van der Waals surface area contributed by atoms with E-state index in [2.05, 4.69) is 0 Å². The predicted octanol–water partition coefficient (Wildman–Crippen LogP) is 1.73. The smallest absolute Gasteiger partial charge is 0.174 e. The Hall–Kier alpha value is -1.32. The first-order valence-corrected chi connectivity index (χ1v) is 4.80. The Labute approximate surface area is 90.6 Å². The van der Waals surface area contributed by atoms with E-state index in [-0.39, 0.29) is 0 Å². The summed E-state index contributed by atoms with van der Waals surface area (Å²) in [7, 11) is 5.46. The molecule has 0 saturated heterocycles. The van der Waals surface area contributed by atoms with Crippen LogP contribution in [0, 0.1) is 0 Å². The van der Waals surface area contributed by atoms with E-state index in [0.717, 1.165) is 11.3 Å². The van der Waals surface area contributed by atoms with Gasteiger partial charge < -0.3 is 14.7 Å². The number of nitrogens with zero attached hydrogens (tertiary/aromatic N) is 1. The van der Waals surface area contributed by atoms with Crippen LogP contribution in [0.4, 0.5) is 5.69 Å². The molecule has 0 amide bonds. The van der Waals surface area contributed by atoms with E-state index in [4.69, 9.17) is 9.84 Å². The summed E-state index contributed by atoms with van der Waals surface area (Å²) in [5, 5.41) is 9.14. The number of aliphatic hydroxyl groups is 1. The maximum absolute atomic E-state index is 9.14. The zero-order valence-electron chi connectivity index (χ0n) is 9.34. The molecule has 1 aromatic rings. The Morgan fingerprint density at radius 1 is 1.27 bits per heavy atom. The van der Waals surface area contributed by atoms with Crippen LogP contribution in [-0.2, 0) is 4.74 Å². The van der Waals surface area contributed by atoms with Crippen LogP contribution in [-0.4, -0.2) is 32.6 Å². The van der Waals surface area contributed by atoms with Crippen LogP contribution in [0.1, 0.15) is 5.56 Å². The molecule has 0 aromatic heterocycles. The van der Waals surface area contributed by atoms with Gasteiger partial charge in [0.15, 0.2) is 6.29 Å². The Bertz CT molecular complexity index is 317. The van der Waals surface area contributed by atoms with Gasteiger partial charge in [0, 0.05) is 26.9 Å². The topological polar surface area (TPSA) is 32.7 Å². The van der Waals surface area contributed by atoms with E-state index in [1.165, 1.54) is 7.11 Å². The first-order chi connectivity index (χ1) is 7.13. The molecule has 0 saturated carbocycles. The maximum Gasteiger partial charge on any atom is 0.174 e. The molecule has 1 rings (SSSR count). The Balaban J connectivity index is 2.68.